The van der Waals surface area contributed by atoms with Gasteiger partial charge in [0.1, 0.15) is 7.05 Å². The summed E-state index contributed by atoms with van der Waals surface area (Å²) in [4.78, 5) is 2.37. The predicted molar refractivity (Wildman–Crippen MR) is 97.5 cm³/mol. The zero-order valence-electron chi connectivity index (χ0n) is 13.8. The zero-order valence-corrected chi connectivity index (χ0v) is 13.8. The molecule has 0 aliphatic carbocycles. The number of benzene rings is 2. The Balaban J connectivity index is 1.96. The normalized spacial score (nSPS) is 14.0. The topological polar surface area (TPSA) is 7.12 Å². The standard InChI is InChI=1S/C20H20BN2/c1-15-18-10-6-4-9-17(18)14-21(23(15)3)20-13-12-16-8-5-7-11-19(16)22(20)2/h4-14H,1-3H3/q+1. The van der Waals surface area contributed by atoms with Crippen molar-refractivity contribution in [2.24, 2.45) is 7.05 Å². The van der Waals surface area contributed by atoms with E-state index in [1.165, 1.54) is 32.6 Å². The van der Waals surface area contributed by atoms with Crippen molar-refractivity contribution in [3.05, 3.63) is 71.1 Å². The highest BCUT2D eigenvalue weighted by molar-refractivity contribution is 6.82. The van der Waals surface area contributed by atoms with Gasteiger partial charge in [0.15, 0.2) is 5.59 Å². The fourth-order valence-corrected chi connectivity index (χ4v) is 3.59. The van der Waals surface area contributed by atoms with Gasteiger partial charge in [0, 0.05) is 17.1 Å². The first-order valence-electron chi connectivity index (χ1n) is 8.05. The molecule has 1 aromatic heterocycles. The highest BCUT2D eigenvalue weighted by Crippen LogP contribution is 2.10. The molecule has 112 valence electrons. The Morgan fingerprint density at radius 3 is 2.52 bits per heavy atom. The van der Waals surface area contributed by atoms with E-state index in [4.69, 9.17) is 0 Å². The zero-order chi connectivity index (χ0) is 16.0. The third-order valence-electron chi connectivity index (χ3n) is 5.06. The Labute approximate surface area is 137 Å². The van der Waals surface area contributed by atoms with Crippen LogP contribution in [-0.2, 0) is 7.05 Å². The molecule has 0 saturated heterocycles. The molecule has 2 heterocycles. The summed E-state index contributed by atoms with van der Waals surface area (Å²) in [6, 6.07) is 21.7. The van der Waals surface area contributed by atoms with E-state index in [0.717, 1.165) is 0 Å². The van der Waals surface area contributed by atoms with Crippen LogP contribution in [0.1, 0.15) is 6.92 Å². The minimum atomic E-state index is 0.250. The highest BCUT2D eigenvalue weighted by Gasteiger charge is 2.31. The van der Waals surface area contributed by atoms with Gasteiger partial charge in [0.05, 0.1) is 0 Å². The maximum Gasteiger partial charge on any atom is 0.396 e. The number of nitrogens with zero attached hydrogens (tertiary/aromatic N) is 2. The van der Waals surface area contributed by atoms with Crippen molar-refractivity contribution in [1.29, 1.82) is 0 Å². The molecule has 0 saturated carbocycles. The van der Waals surface area contributed by atoms with Gasteiger partial charge in [-0.2, -0.15) is 0 Å². The van der Waals surface area contributed by atoms with Gasteiger partial charge in [0.2, 0.25) is 5.52 Å². The second-order valence-electron chi connectivity index (χ2n) is 6.27. The molecular formula is C20H20BN2+. The minimum absolute atomic E-state index is 0.250. The minimum Gasteiger partial charge on any atom is -0.408 e. The molecule has 1 aliphatic heterocycles. The lowest BCUT2D eigenvalue weighted by Gasteiger charge is -2.27. The van der Waals surface area contributed by atoms with Crippen LogP contribution in [0, 0.1) is 0 Å². The maximum atomic E-state index is 2.37. The molecule has 0 spiro atoms. The molecule has 0 amide bonds. The molecule has 4 rings (SSSR count). The second-order valence-corrected chi connectivity index (χ2v) is 6.27. The van der Waals surface area contributed by atoms with Crippen LogP contribution in [0.2, 0.25) is 0 Å². The second kappa shape index (κ2) is 5.27. The van der Waals surface area contributed by atoms with E-state index >= 15 is 0 Å². The molecule has 2 aromatic carbocycles. The number of para-hydroxylation sites is 1. The number of rotatable bonds is 1. The summed E-state index contributed by atoms with van der Waals surface area (Å²) in [5.41, 5.74) is 3.89. The lowest BCUT2D eigenvalue weighted by Crippen LogP contribution is -2.62. The summed E-state index contributed by atoms with van der Waals surface area (Å²) in [5, 5.41) is 3.93. The lowest BCUT2D eigenvalue weighted by molar-refractivity contribution is -0.627. The average molecular weight is 299 g/mol. The van der Waals surface area contributed by atoms with Crippen molar-refractivity contribution >= 4 is 35.0 Å². The Morgan fingerprint density at radius 1 is 0.913 bits per heavy atom. The van der Waals surface area contributed by atoms with E-state index in [1.807, 2.05) is 0 Å². The summed E-state index contributed by atoms with van der Waals surface area (Å²) in [6.45, 7) is 2.46. The van der Waals surface area contributed by atoms with Crippen LogP contribution in [0.3, 0.4) is 0 Å². The monoisotopic (exact) mass is 299 g/mol. The van der Waals surface area contributed by atoms with E-state index < -0.39 is 0 Å². The van der Waals surface area contributed by atoms with Gasteiger partial charge in [-0.3, -0.25) is 0 Å². The van der Waals surface area contributed by atoms with E-state index in [2.05, 4.69) is 97.0 Å². The first-order chi connectivity index (χ1) is 11.2. The predicted octanol–water partition coefficient (Wildman–Crippen LogP) is 0.956. The molecule has 0 fully saturated rings. The van der Waals surface area contributed by atoms with Crippen molar-refractivity contribution in [2.75, 3.05) is 7.05 Å². The molecule has 23 heavy (non-hydrogen) atoms. The van der Waals surface area contributed by atoms with Crippen molar-refractivity contribution in [2.45, 2.75) is 6.92 Å². The van der Waals surface area contributed by atoms with E-state index in [0.29, 0.717) is 0 Å². The molecule has 3 heteroatoms. The smallest absolute Gasteiger partial charge is 0.396 e. The van der Waals surface area contributed by atoms with Crippen molar-refractivity contribution in [3.63, 3.8) is 0 Å². The van der Waals surface area contributed by atoms with Crippen molar-refractivity contribution < 1.29 is 4.57 Å². The first kappa shape index (κ1) is 14.1. The number of hydrogen-bond donors (Lipinski definition) is 0. The first-order valence-corrected chi connectivity index (χ1v) is 8.05. The number of fused-ring (bicyclic) bond motifs is 2. The van der Waals surface area contributed by atoms with Crippen LogP contribution in [0.25, 0.3) is 22.6 Å². The Kier molecular flexibility index (Phi) is 3.23. The third-order valence-corrected chi connectivity index (χ3v) is 5.06. The number of aromatic nitrogens is 1. The third kappa shape index (κ3) is 2.15. The van der Waals surface area contributed by atoms with Gasteiger partial charge < -0.3 is 4.81 Å². The largest absolute Gasteiger partial charge is 0.408 e. The Morgan fingerprint density at radius 2 is 1.65 bits per heavy atom. The van der Waals surface area contributed by atoms with E-state index in [1.54, 1.807) is 0 Å². The SMILES string of the molecule is CC1=c2ccccc2=CB(c2ccc3ccccc3[n+]2C)N1C. The summed E-state index contributed by atoms with van der Waals surface area (Å²) in [5.74, 6) is 2.37. The van der Waals surface area contributed by atoms with Crippen LogP contribution < -0.4 is 20.6 Å². The molecule has 0 atom stereocenters. The fraction of sp³-hybridized carbons (Fsp3) is 0.150. The lowest BCUT2D eigenvalue weighted by atomic mass is 9.55. The number of pyridine rings is 1. The molecule has 0 unspecified atom stereocenters. The quantitative estimate of drug-likeness (QED) is 0.479. The molecule has 0 N–H and O–H groups in total. The molecule has 1 aliphatic rings. The van der Waals surface area contributed by atoms with Crippen LogP contribution in [-0.4, -0.2) is 18.7 Å². The molecule has 3 aromatic rings. The maximum absolute atomic E-state index is 2.37. The summed E-state index contributed by atoms with van der Waals surface area (Å²) in [7, 11) is 4.34. The van der Waals surface area contributed by atoms with Crippen molar-refractivity contribution in [3.8, 4) is 0 Å². The number of aryl methyl sites for hydroxylation is 1. The molecule has 0 radical (unpaired) electrons. The molecule has 0 bridgehead atoms. The Hall–Kier alpha value is -2.55. The number of hydrogen-bond acceptors (Lipinski definition) is 1. The fourth-order valence-electron chi connectivity index (χ4n) is 3.59. The molecule has 2 nitrogen and oxygen atoms in total. The van der Waals surface area contributed by atoms with E-state index in [-0.39, 0.29) is 6.85 Å². The summed E-state index contributed by atoms with van der Waals surface area (Å²) >= 11 is 0. The van der Waals surface area contributed by atoms with Crippen LogP contribution in [0.4, 0.5) is 0 Å². The van der Waals surface area contributed by atoms with Crippen LogP contribution >= 0.6 is 0 Å². The van der Waals surface area contributed by atoms with Gasteiger partial charge in [-0.25, -0.2) is 4.57 Å². The average Bonchev–Trinajstić information content (AvgIpc) is 2.59. The molecular weight excluding hydrogens is 279 g/mol. The Bertz CT molecular complexity index is 1020. The summed E-state index contributed by atoms with van der Waals surface area (Å²) in [6.07, 6.45) is 0. The van der Waals surface area contributed by atoms with Crippen molar-refractivity contribution in [1.82, 2.24) is 4.81 Å². The van der Waals surface area contributed by atoms with Crippen LogP contribution in [0.5, 0.6) is 0 Å². The van der Waals surface area contributed by atoms with Crippen LogP contribution in [0.15, 0.2) is 60.7 Å². The van der Waals surface area contributed by atoms with Gasteiger partial charge in [-0.15, -0.1) is 0 Å². The van der Waals surface area contributed by atoms with Gasteiger partial charge in [0.25, 0.3) is 0 Å². The summed E-state index contributed by atoms with van der Waals surface area (Å²) < 4.78 is 2.31. The van der Waals surface area contributed by atoms with Gasteiger partial charge in [-0.1, -0.05) is 42.4 Å². The van der Waals surface area contributed by atoms with Gasteiger partial charge in [-0.05, 0) is 42.6 Å². The highest BCUT2D eigenvalue weighted by atomic mass is 15.1. The van der Waals surface area contributed by atoms with E-state index in [9.17, 15) is 0 Å². The van der Waals surface area contributed by atoms with Gasteiger partial charge >= 0.3 is 6.85 Å².